The van der Waals surface area contributed by atoms with Crippen molar-refractivity contribution in [3.05, 3.63) is 51.8 Å². The zero-order valence-electron chi connectivity index (χ0n) is 45.5. The molecule has 0 radical (unpaired) electrons. The van der Waals surface area contributed by atoms with Crippen molar-refractivity contribution in [3.63, 3.8) is 0 Å². The van der Waals surface area contributed by atoms with Crippen molar-refractivity contribution in [1.82, 2.24) is 24.8 Å². The summed E-state index contributed by atoms with van der Waals surface area (Å²) in [6.45, 7) is 20.6. The lowest BCUT2D eigenvalue weighted by atomic mass is 9.74. The molecule has 0 bridgehead atoms. The Labute approximate surface area is 431 Å². The number of piperidine rings is 1. The van der Waals surface area contributed by atoms with Gasteiger partial charge in [-0.15, -0.1) is 5.10 Å². The molecule has 4 fully saturated rings. The highest BCUT2D eigenvalue weighted by atomic mass is 16.7. The van der Waals surface area contributed by atoms with E-state index < -0.39 is 95.6 Å². The number of nitrogens with zero attached hydrogens (tertiary/aromatic N) is 6. The van der Waals surface area contributed by atoms with E-state index in [4.69, 9.17) is 33.2 Å². The molecule has 20 heteroatoms. The van der Waals surface area contributed by atoms with Crippen LogP contribution in [0.5, 0.6) is 0 Å². The molecule has 0 saturated carbocycles. The average Bonchev–Trinajstić information content (AvgIpc) is 3.85. The first-order chi connectivity index (χ1) is 34.3. The third kappa shape index (κ3) is 13.7. The summed E-state index contributed by atoms with van der Waals surface area (Å²) in [6, 6.07) is 6.93. The van der Waals surface area contributed by atoms with Crippen LogP contribution in [0.3, 0.4) is 0 Å². The maximum Gasteiger partial charge on any atom is 0.311 e. The van der Waals surface area contributed by atoms with Gasteiger partial charge in [0.1, 0.15) is 23.6 Å². The van der Waals surface area contributed by atoms with Gasteiger partial charge >= 0.3 is 5.97 Å². The first-order valence-electron chi connectivity index (χ1n) is 26.5. The minimum Gasteiger partial charge on any atom is -0.459 e. The molecular formula is C53H86N6O14. The Morgan fingerprint density at radius 2 is 1.60 bits per heavy atom. The number of nitro benzene ring substituents is 1. The van der Waals surface area contributed by atoms with Crippen molar-refractivity contribution in [1.29, 1.82) is 0 Å². The molecule has 20 nitrogen and oxygen atoms in total. The number of likely N-dealkylation sites (N-methyl/N-ethyl adjacent to an activating group) is 1. The molecule has 5 heterocycles. The minimum absolute atomic E-state index is 0.0376. The van der Waals surface area contributed by atoms with E-state index in [1.165, 1.54) is 14.0 Å². The third-order valence-corrected chi connectivity index (χ3v) is 16.8. The Kier molecular flexibility index (Phi) is 19.8. The van der Waals surface area contributed by atoms with Gasteiger partial charge in [0.25, 0.3) is 5.69 Å². The molecule has 73 heavy (non-hydrogen) atoms. The van der Waals surface area contributed by atoms with E-state index in [-0.39, 0.29) is 53.8 Å². The standard InChI is InChI=1S/C53H86N6O14/c1-14-42-53(10,64)47(61)33(4)45(60)31(2)26-52(9,68-13)49(34(5)46(35(6)50(63)71-42)72-44-27-51(8,67-12)48(62)36(7)70-44)73-43-25-41(24-32(3)69-43)56(11)23-21-38-29-58(55-54-38)40-16-15-22-57(30-40)28-37-17-19-39(20-18-37)59(65)66/h17-20,29,31-36,40-44,46-49,61-62,64H,14-16,21-28,30H2,1-13H3/t31-,32-,33+,34+,35-,36+,40+,41+,42-,43+,44+,46+,47-,48+,49-,51-,52-,53-/m1/s1. The molecule has 4 saturated heterocycles. The maximum atomic E-state index is 14.5. The molecule has 3 N–H and O–H groups in total. The molecular weight excluding hydrogens is 945 g/mol. The number of carbonyl (C=O) groups excluding carboxylic acids is 2. The SMILES string of the molecule is CC[C@H]1OC(=O)[C@H](C)[C@@H](O[C@H]2C[C@@](C)(OC)[C@@H](O)[C@H](C)O2)[C@H](C)[C@@H](O[C@H]2C[C@@H](N(C)CCc3cn([C@H]4CCCN(Cc5ccc([N+](=O)[O-])cc5)C4)nn3)C[C@@H](C)O2)[C@](C)(OC)C[C@@H](C)C(=O)[C@H](C)[C@@H](O)[C@]1(C)O. The fraction of sp³-hybridized carbons (Fsp3) is 0.811. The van der Waals surface area contributed by atoms with Crippen LogP contribution in [-0.2, 0) is 55.7 Å². The van der Waals surface area contributed by atoms with Gasteiger partial charge < -0.3 is 53.4 Å². The predicted molar refractivity (Wildman–Crippen MR) is 269 cm³/mol. The molecule has 2 aromatic rings. The topological polar surface area (TPSA) is 240 Å². The molecule has 4 aliphatic heterocycles. The molecule has 6 rings (SSSR count). The van der Waals surface area contributed by atoms with Gasteiger partial charge in [-0.2, -0.15) is 0 Å². The molecule has 412 valence electrons. The van der Waals surface area contributed by atoms with Crippen LogP contribution >= 0.6 is 0 Å². The number of ether oxygens (including phenoxy) is 7. The number of methoxy groups -OCH3 is 2. The molecule has 0 unspecified atom stereocenters. The van der Waals surface area contributed by atoms with Gasteiger partial charge in [-0.3, -0.25) is 24.6 Å². The zero-order chi connectivity index (χ0) is 53.7. The summed E-state index contributed by atoms with van der Waals surface area (Å²) in [7, 11) is 5.17. The van der Waals surface area contributed by atoms with Gasteiger partial charge in [-0.05, 0) is 92.8 Å². The number of esters is 1. The third-order valence-electron chi connectivity index (χ3n) is 16.8. The van der Waals surface area contributed by atoms with E-state index in [0.717, 1.165) is 43.6 Å². The van der Waals surface area contributed by atoms with Crippen LogP contribution in [0.4, 0.5) is 5.69 Å². The van der Waals surface area contributed by atoms with Crippen LogP contribution in [0, 0.1) is 33.8 Å². The number of aromatic nitrogens is 3. The van der Waals surface area contributed by atoms with Crippen LogP contribution in [0.1, 0.15) is 131 Å². The fourth-order valence-corrected chi connectivity index (χ4v) is 11.9. The van der Waals surface area contributed by atoms with Gasteiger partial charge in [0, 0.05) is 95.2 Å². The second kappa shape index (κ2) is 24.6. The number of aliphatic hydroxyl groups excluding tert-OH is 2. The smallest absolute Gasteiger partial charge is 0.311 e. The summed E-state index contributed by atoms with van der Waals surface area (Å²) in [5.74, 6) is -4.36. The van der Waals surface area contributed by atoms with Gasteiger partial charge in [-0.25, -0.2) is 4.68 Å². The van der Waals surface area contributed by atoms with Crippen LogP contribution in [0.15, 0.2) is 30.5 Å². The van der Waals surface area contributed by atoms with Crippen molar-refractivity contribution in [2.45, 2.75) is 211 Å². The van der Waals surface area contributed by atoms with Crippen molar-refractivity contribution in [2.24, 2.45) is 23.7 Å². The monoisotopic (exact) mass is 1030 g/mol. The molecule has 18 atom stereocenters. The number of hydrogen-bond donors (Lipinski definition) is 3. The zero-order valence-corrected chi connectivity index (χ0v) is 45.5. The van der Waals surface area contributed by atoms with Gasteiger partial charge in [-0.1, -0.05) is 45.0 Å². The van der Waals surface area contributed by atoms with Gasteiger partial charge in [0.05, 0.1) is 64.3 Å². The van der Waals surface area contributed by atoms with Crippen molar-refractivity contribution in [2.75, 3.05) is 40.9 Å². The molecule has 1 aromatic carbocycles. The molecule has 0 amide bonds. The number of carbonyl (C=O) groups is 2. The number of rotatable bonds is 15. The first-order valence-corrected chi connectivity index (χ1v) is 26.5. The number of benzene rings is 1. The average molecular weight is 1030 g/mol. The maximum absolute atomic E-state index is 14.5. The summed E-state index contributed by atoms with van der Waals surface area (Å²) in [4.78, 5) is 44.2. The largest absolute Gasteiger partial charge is 0.459 e. The number of aliphatic hydroxyl groups is 3. The number of non-ortho nitro benzene ring substituents is 1. The van der Waals surface area contributed by atoms with Gasteiger partial charge in [0.15, 0.2) is 12.6 Å². The second-order valence-electron chi connectivity index (χ2n) is 22.4. The minimum atomic E-state index is -1.98. The number of ketones is 1. The summed E-state index contributed by atoms with van der Waals surface area (Å²) in [5, 5.41) is 54.8. The molecule has 0 aliphatic carbocycles. The number of likely N-dealkylation sites (tertiary alicyclic amines) is 1. The lowest BCUT2D eigenvalue weighted by molar-refractivity contribution is -0.384. The Bertz CT molecular complexity index is 2130. The first kappa shape index (κ1) is 58.7. The van der Waals surface area contributed by atoms with Gasteiger partial charge in [0.2, 0.25) is 0 Å². The van der Waals surface area contributed by atoms with Crippen LogP contribution < -0.4 is 0 Å². The van der Waals surface area contributed by atoms with Crippen molar-refractivity contribution >= 4 is 17.4 Å². The Morgan fingerprint density at radius 1 is 0.918 bits per heavy atom. The molecule has 4 aliphatic rings. The summed E-state index contributed by atoms with van der Waals surface area (Å²) >= 11 is 0. The fourth-order valence-electron chi connectivity index (χ4n) is 11.9. The summed E-state index contributed by atoms with van der Waals surface area (Å²) in [6.07, 6.45) is -1.78. The molecule has 1 aromatic heterocycles. The Hall–Kier alpha value is -3.54. The van der Waals surface area contributed by atoms with Crippen LogP contribution in [-0.4, -0.2) is 176 Å². The van der Waals surface area contributed by atoms with Crippen molar-refractivity contribution < 1.29 is 63.0 Å². The number of Topliss-reactive ketones (excluding diaryl/α,β-unsaturated/α-hetero) is 1. The lowest BCUT2D eigenvalue weighted by Crippen LogP contribution is -2.60. The Balaban J connectivity index is 1.22. The highest BCUT2D eigenvalue weighted by Crippen LogP contribution is 2.42. The normalized spacial score (nSPS) is 39.8. The lowest BCUT2D eigenvalue weighted by Gasteiger charge is -2.49. The van der Waals surface area contributed by atoms with E-state index >= 15 is 0 Å². The van der Waals surface area contributed by atoms with Crippen molar-refractivity contribution in [3.8, 4) is 0 Å². The number of hydrogen-bond acceptors (Lipinski definition) is 18. The highest BCUT2D eigenvalue weighted by Gasteiger charge is 2.53. The summed E-state index contributed by atoms with van der Waals surface area (Å²) < 4.78 is 47.2. The van der Waals surface area contributed by atoms with E-state index in [2.05, 4.69) is 27.2 Å². The van der Waals surface area contributed by atoms with E-state index in [9.17, 15) is 35.0 Å². The van der Waals surface area contributed by atoms with Crippen LogP contribution in [0.25, 0.3) is 0 Å². The second-order valence-corrected chi connectivity index (χ2v) is 22.4. The number of nitro groups is 1. The van der Waals surface area contributed by atoms with E-state index in [1.807, 2.05) is 43.8 Å². The summed E-state index contributed by atoms with van der Waals surface area (Å²) in [5.41, 5.74) is -2.24. The van der Waals surface area contributed by atoms with E-state index in [0.29, 0.717) is 25.9 Å². The number of cyclic esters (lactones) is 1. The molecule has 0 spiro atoms. The van der Waals surface area contributed by atoms with Crippen LogP contribution in [0.2, 0.25) is 0 Å². The highest BCUT2D eigenvalue weighted by molar-refractivity contribution is 5.83. The van der Waals surface area contributed by atoms with E-state index in [1.54, 1.807) is 60.8 Å². The predicted octanol–water partition coefficient (Wildman–Crippen LogP) is 5.42. The quantitative estimate of drug-likeness (QED) is 0.115. The Morgan fingerprint density at radius 3 is 2.25 bits per heavy atom.